The zero-order valence-corrected chi connectivity index (χ0v) is 10.3. The fraction of sp³-hybridized carbons (Fsp3) is 0.385. The molecular formula is C13H18N2O2. The van der Waals surface area contributed by atoms with Crippen molar-refractivity contribution in [2.24, 2.45) is 0 Å². The number of likely N-dealkylation sites (N-methyl/N-ethyl adjacent to an activating group) is 1. The second-order valence-electron chi connectivity index (χ2n) is 3.65. The highest BCUT2D eigenvalue weighted by Gasteiger charge is 2.21. The number of para-hydroxylation sites is 1. The zero-order valence-electron chi connectivity index (χ0n) is 10.3. The lowest BCUT2D eigenvalue weighted by atomic mass is 10.2. The molecule has 0 aromatic heterocycles. The number of nitrogens with one attached hydrogen (secondary N) is 1. The van der Waals surface area contributed by atoms with E-state index in [2.05, 4.69) is 5.32 Å². The van der Waals surface area contributed by atoms with Crippen molar-refractivity contribution >= 4 is 17.5 Å². The lowest BCUT2D eigenvalue weighted by molar-refractivity contribution is -0.137. The van der Waals surface area contributed by atoms with Gasteiger partial charge in [-0.15, -0.1) is 0 Å². The molecule has 1 aromatic rings. The second-order valence-corrected chi connectivity index (χ2v) is 3.65. The van der Waals surface area contributed by atoms with Gasteiger partial charge in [0, 0.05) is 18.8 Å². The van der Waals surface area contributed by atoms with Crippen LogP contribution in [0.5, 0.6) is 0 Å². The molecule has 4 heteroatoms. The first kappa shape index (κ1) is 13.2. The molecule has 1 aromatic carbocycles. The first-order valence-corrected chi connectivity index (χ1v) is 5.85. The van der Waals surface area contributed by atoms with Crippen LogP contribution in [0.4, 0.5) is 5.69 Å². The fourth-order valence-corrected chi connectivity index (χ4v) is 1.54. The van der Waals surface area contributed by atoms with Crippen LogP contribution in [0.25, 0.3) is 0 Å². The van der Waals surface area contributed by atoms with E-state index in [0.29, 0.717) is 13.1 Å². The fourth-order valence-electron chi connectivity index (χ4n) is 1.54. The molecule has 0 spiro atoms. The summed E-state index contributed by atoms with van der Waals surface area (Å²) in [5.41, 5.74) is 0.755. The van der Waals surface area contributed by atoms with Crippen LogP contribution in [0.15, 0.2) is 30.3 Å². The third-order valence-corrected chi connectivity index (χ3v) is 2.29. The summed E-state index contributed by atoms with van der Waals surface area (Å²) in [6.07, 6.45) is 0.806. The van der Waals surface area contributed by atoms with Crippen LogP contribution in [0.3, 0.4) is 0 Å². The highest BCUT2D eigenvalue weighted by Crippen LogP contribution is 2.13. The molecule has 0 atom stereocenters. The Hall–Kier alpha value is -1.84. The first-order valence-electron chi connectivity index (χ1n) is 5.85. The van der Waals surface area contributed by atoms with Crippen molar-refractivity contribution in [2.75, 3.05) is 18.0 Å². The summed E-state index contributed by atoms with van der Waals surface area (Å²) in [5, 5.41) is 2.52. The number of hydrogen-bond acceptors (Lipinski definition) is 2. The lowest BCUT2D eigenvalue weighted by Crippen LogP contribution is -2.43. The van der Waals surface area contributed by atoms with E-state index in [1.165, 1.54) is 4.90 Å². The normalized spacial score (nSPS) is 9.76. The molecule has 0 aliphatic heterocycles. The van der Waals surface area contributed by atoms with Gasteiger partial charge in [-0.3, -0.25) is 9.59 Å². The molecule has 1 rings (SSSR count). The number of rotatable bonds is 4. The van der Waals surface area contributed by atoms with Crippen molar-refractivity contribution in [3.8, 4) is 0 Å². The number of anilines is 1. The Labute approximate surface area is 102 Å². The molecule has 2 amide bonds. The van der Waals surface area contributed by atoms with Crippen molar-refractivity contribution < 1.29 is 9.59 Å². The molecule has 0 bridgehead atoms. The Kier molecular flexibility index (Phi) is 5.20. The van der Waals surface area contributed by atoms with Gasteiger partial charge in [0.1, 0.15) is 0 Å². The molecule has 0 fully saturated rings. The van der Waals surface area contributed by atoms with Gasteiger partial charge < -0.3 is 10.2 Å². The minimum Gasteiger partial charge on any atom is -0.348 e. The standard InChI is InChI=1S/C13H18N2O2/c1-3-10-15(11-8-6-5-7-9-11)13(17)12(16)14-4-2/h5-9H,3-4,10H2,1-2H3,(H,14,16). The van der Waals surface area contributed by atoms with Crippen LogP contribution in [0.2, 0.25) is 0 Å². The maximum atomic E-state index is 11.9. The van der Waals surface area contributed by atoms with E-state index in [-0.39, 0.29) is 0 Å². The highest BCUT2D eigenvalue weighted by molar-refractivity contribution is 6.40. The number of carbonyl (C=O) groups excluding carboxylic acids is 2. The molecule has 1 N–H and O–H groups in total. The average molecular weight is 234 g/mol. The summed E-state index contributed by atoms with van der Waals surface area (Å²) < 4.78 is 0. The zero-order chi connectivity index (χ0) is 12.7. The van der Waals surface area contributed by atoms with E-state index < -0.39 is 11.8 Å². The Morgan fingerprint density at radius 1 is 1.18 bits per heavy atom. The van der Waals surface area contributed by atoms with Crippen LogP contribution in [-0.2, 0) is 9.59 Å². The van der Waals surface area contributed by atoms with Crippen molar-refractivity contribution in [3.05, 3.63) is 30.3 Å². The van der Waals surface area contributed by atoms with Gasteiger partial charge in [-0.05, 0) is 25.5 Å². The maximum Gasteiger partial charge on any atom is 0.316 e. The summed E-state index contributed by atoms with van der Waals surface area (Å²) in [7, 11) is 0. The summed E-state index contributed by atoms with van der Waals surface area (Å²) in [6.45, 7) is 4.76. The molecule has 92 valence electrons. The van der Waals surface area contributed by atoms with Gasteiger partial charge in [0.05, 0.1) is 0 Å². The van der Waals surface area contributed by atoms with Gasteiger partial charge in [-0.2, -0.15) is 0 Å². The summed E-state index contributed by atoms with van der Waals surface area (Å²) in [4.78, 5) is 25.0. The van der Waals surface area contributed by atoms with E-state index in [1.54, 1.807) is 6.92 Å². The number of hydrogen-bond donors (Lipinski definition) is 1. The molecular weight excluding hydrogens is 216 g/mol. The second kappa shape index (κ2) is 6.68. The third-order valence-electron chi connectivity index (χ3n) is 2.29. The minimum atomic E-state index is -0.551. The number of benzene rings is 1. The Balaban J connectivity index is 2.86. The largest absolute Gasteiger partial charge is 0.348 e. The monoisotopic (exact) mass is 234 g/mol. The number of carbonyl (C=O) groups is 2. The SMILES string of the molecule is CCCN(C(=O)C(=O)NCC)c1ccccc1. The molecule has 0 aliphatic carbocycles. The topological polar surface area (TPSA) is 49.4 Å². The molecule has 0 saturated heterocycles. The first-order chi connectivity index (χ1) is 8.20. The van der Waals surface area contributed by atoms with Crippen LogP contribution >= 0.6 is 0 Å². The van der Waals surface area contributed by atoms with Gasteiger partial charge in [0.15, 0.2) is 0 Å². The van der Waals surface area contributed by atoms with Crippen molar-refractivity contribution in [1.29, 1.82) is 0 Å². The lowest BCUT2D eigenvalue weighted by Gasteiger charge is -2.21. The molecule has 0 aliphatic rings. The van der Waals surface area contributed by atoms with Crippen LogP contribution in [0, 0.1) is 0 Å². The van der Waals surface area contributed by atoms with Gasteiger partial charge in [0.2, 0.25) is 0 Å². The van der Waals surface area contributed by atoms with E-state index in [9.17, 15) is 9.59 Å². The van der Waals surface area contributed by atoms with Crippen molar-refractivity contribution in [3.63, 3.8) is 0 Å². The maximum absolute atomic E-state index is 11.9. The van der Waals surface area contributed by atoms with E-state index >= 15 is 0 Å². The predicted molar refractivity (Wildman–Crippen MR) is 67.8 cm³/mol. The molecule has 17 heavy (non-hydrogen) atoms. The summed E-state index contributed by atoms with van der Waals surface area (Å²) in [6, 6.07) is 9.23. The molecule has 4 nitrogen and oxygen atoms in total. The van der Waals surface area contributed by atoms with Crippen LogP contribution in [0.1, 0.15) is 20.3 Å². The van der Waals surface area contributed by atoms with E-state index in [0.717, 1.165) is 12.1 Å². The Morgan fingerprint density at radius 3 is 2.35 bits per heavy atom. The molecule has 0 heterocycles. The highest BCUT2D eigenvalue weighted by atomic mass is 16.2. The molecule has 0 saturated carbocycles. The van der Waals surface area contributed by atoms with Crippen LogP contribution in [-0.4, -0.2) is 24.9 Å². The van der Waals surface area contributed by atoms with E-state index in [4.69, 9.17) is 0 Å². The van der Waals surface area contributed by atoms with Crippen molar-refractivity contribution in [2.45, 2.75) is 20.3 Å². The minimum absolute atomic E-state index is 0.458. The Morgan fingerprint density at radius 2 is 1.82 bits per heavy atom. The van der Waals surface area contributed by atoms with Crippen molar-refractivity contribution in [1.82, 2.24) is 5.32 Å². The van der Waals surface area contributed by atoms with Gasteiger partial charge in [-0.1, -0.05) is 25.1 Å². The van der Waals surface area contributed by atoms with Gasteiger partial charge in [0.25, 0.3) is 0 Å². The quantitative estimate of drug-likeness (QED) is 0.804. The molecule has 0 unspecified atom stereocenters. The predicted octanol–water partition coefficient (Wildman–Crippen LogP) is 1.57. The summed E-state index contributed by atoms with van der Waals surface area (Å²) in [5.74, 6) is -1.05. The van der Waals surface area contributed by atoms with Gasteiger partial charge in [-0.25, -0.2) is 0 Å². The smallest absolute Gasteiger partial charge is 0.316 e. The number of amides is 2. The number of nitrogens with zero attached hydrogens (tertiary/aromatic N) is 1. The van der Waals surface area contributed by atoms with Crippen LogP contribution < -0.4 is 10.2 Å². The van der Waals surface area contributed by atoms with E-state index in [1.807, 2.05) is 37.3 Å². The Bertz CT molecular complexity index is 376. The van der Waals surface area contributed by atoms with Gasteiger partial charge >= 0.3 is 11.8 Å². The molecule has 0 radical (unpaired) electrons. The summed E-state index contributed by atoms with van der Waals surface area (Å²) >= 11 is 0. The third kappa shape index (κ3) is 3.59. The average Bonchev–Trinajstić information content (AvgIpc) is 2.36.